The average molecular weight is 209 g/mol. The summed E-state index contributed by atoms with van der Waals surface area (Å²) in [6.07, 6.45) is 1.94. The molecule has 66 valence electrons. The third kappa shape index (κ3) is 1.64. The standard InChI is InChI=1S/C5H5ClN2O3S/c1-12(10,11)3-4(6)7-2-8-5(3)9/h2H,1H3,(H,7,8,9). The molecule has 1 aromatic heterocycles. The molecule has 0 aliphatic rings. The van der Waals surface area contributed by atoms with Crippen LogP contribution in [0.1, 0.15) is 0 Å². The lowest BCUT2D eigenvalue weighted by atomic mass is 10.6. The molecule has 1 N–H and O–H groups in total. The van der Waals surface area contributed by atoms with Crippen LogP contribution >= 0.6 is 11.6 Å². The number of sulfone groups is 1. The topological polar surface area (TPSA) is 79.9 Å². The van der Waals surface area contributed by atoms with Gasteiger partial charge in [0.05, 0.1) is 6.33 Å². The fourth-order valence-electron chi connectivity index (χ4n) is 0.687. The third-order valence-electron chi connectivity index (χ3n) is 1.14. The Morgan fingerprint density at radius 3 is 2.50 bits per heavy atom. The summed E-state index contributed by atoms with van der Waals surface area (Å²) < 4.78 is 21.9. The van der Waals surface area contributed by atoms with Crippen LogP contribution in [-0.4, -0.2) is 24.6 Å². The van der Waals surface area contributed by atoms with Crippen molar-refractivity contribution >= 4 is 21.4 Å². The van der Waals surface area contributed by atoms with Crippen LogP contribution in [0.25, 0.3) is 0 Å². The molecule has 1 heterocycles. The zero-order valence-electron chi connectivity index (χ0n) is 6.04. The Labute approximate surface area is 73.3 Å². The van der Waals surface area contributed by atoms with Crippen LogP contribution in [0.4, 0.5) is 0 Å². The Kier molecular flexibility index (Phi) is 2.20. The molecular formula is C5H5ClN2O3S. The van der Waals surface area contributed by atoms with Gasteiger partial charge in [0.25, 0.3) is 5.56 Å². The van der Waals surface area contributed by atoms with Crippen molar-refractivity contribution in [3.05, 3.63) is 21.8 Å². The van der Waals surface area contributed by atoms with Crippen LogP contribution in [0.15, 0.2) is 16.0 Å². The monoisotopic (exact) mass is 208 g/mol. The highest BCUT2D eigenvalue weighted by atomic mass is 35.5. The van der Waals surface area contributed by atoms with Gasteiger partial charge in [-0.3, -0.25) is 4.79 Å². The van der Waals surface area contributed by atoms with E-state index in [4.69, 9.17) is 11.6 Å². The predicted octanol–water partition coefficient (Wildman–Crippen LogP) is -0.173. The van der Waals surface area contributed by atoms with Crippen LogP contribution in [0.5, 0.6) is 0 Å². The Hall–Kier alpha value is -0.880. The zero-order chi connectivity index (χ0) is 9.35. The second kappa shape index (κ2) is 2.87. The van der Waals surface area contributed by atoms with Crippen LogP contribution in [0, 0.1) is 0 Å². The second-order valence-electron chi connectivity index (χ2n) is 2.12. The number of nitrogens with zero attached hydrogens (tertiary/aromatic N) is 1. The molecule has 1 aromatic rings. The molecule has 0 amide bonds. The highest BCUT2D eigenvalue weighted by Gasteiger charge is 2.17. The van der Waals surface area contributed by atoms with Gasteiger partial charge in [-0.05, 0) is 0 Å². The van der Waals surface area contributed by atoms with Gasteiger partial charge in [-0.15, -0.1) is 0 Å². The number of nitrogens with one attached hydrogen (secondary N) is 1. The number of rotatable bonds is 1. The van der Waals surface area contributed by atoms with Crippen molar-refractivity contribution in [1.29, 1.82) is 0 Å². The maximum atomic E-state index is 10.9. The van der Waals surface area contributed by atoms with Crippen molar-refractivity contribution in [2.45, 2.75) is 4.90 Å². The molecular weight excluding hydrogens is 204 g/mol. The zero-order valence-corrected chi connectivity index (χ0v) is 7.61. The first kappa shape index (κ1) is 9.21. The van der Waals surface area contributed by atoms with E-state index in [0.29, 0.717) is 0 Å². The van der Waals surface area contributed by atoms with E-state index in [0.717, 1.165) is 12.6 Å². The summed E-state index contributed by atoms with van der Waals surface area (Å²) in [6, 6.07) is 0. The molecule has 0 spiro atoms. The molecule has 0 saturated heterocycles. The molecule has 0 unspecified atom stereocenters. The normalized spacial score (nSPS) is 11.5. The van der Waals surface area contributed by atoms with Crippen molar-refractivity contribution in [3.8, 4) is 0 Å². The summed E-state index contributed by atoms with van der Waals surface area (Å²) >= 11 is 5.40. The minimum Gasteiger partial charge on any atom is -0.312 e. The Morgan fingerprint density at radius 2 is 2.17 bits per heavy atom. The molecule has 0 aromatic carbocycles. The molecule has 0 atom stereocenters. The van der Waals surface area contributed by atoms with Crippen molar-refractivity contribution in [3.63, 3.8) is 0 Å². The number of halogens is 1. The van der Waals surface area contributed by atoms with E-state index < -0.39 is 20.3 Å². The number of aromatic nitrogens is 2. The smallest absolute Gasteiger partial charge is 0.271 e. The highest BCUT2D eigenvalue weighted by molar-refractivity contribution is 7.90. The molecule has 0 aliphatic heterocycles. The van der Waals surface area contributed by atoms with E-state index in [1.807, 2.05) is 0 Å². The first-order chi connectivity index (χ1) is 5.43. The summed E-state index contributed by atoms with van der Waals surface area (Å²) in [5.74, 6) is 0. The molecule has 0 fully saturated rings. The molecule has 0 saturated carbocycles. The Balaban J connectivity index is 3.65. The fourth-order valence-corrected chi connectivity index (χ4v) is 2.00. The summed E-state index contributed by atoms with van der Waals surface area (Å²) in [5, 5.41) is -0.304. The minimum absolute atomic E-state index is 0.304. The van der Waals surface area contributed by atoms with Crippen molar-refractivity contribution < 1.29 is 8.42 Å². The highest BCUT2D eigenvalue weighted by Crippen LogP contribution is 2.11. The number of hydrogen-bond acceptors (Lipinski definition) is 4. The van der Waals surface area contributed by atoms with Gasteiger partial charge in [0.15, 0.2) is 19.9 Å². The van der Waals surface area contributed by atoms with Gasteiger partial charge in [-0.1, -0.05) is 11.6 Å². The van der Waals surface area contributed by atoms with Crippen LogP contribution < -0.4 is 5.56 Å². The first-order valence-corrected chi connectivity index (χ1v) is 5.13. The van der Waals surface area contributed by atoms with Crippen molar-refractivity contribution in [1.82, 2.24) is 9.97 Å². The molecule has 0 bridgehead atoms. The van der Waals surface area contributed by atoms with E-state index in [-0.39, 0.29) is 5.15 Å². The summed E-state index contributed by atoms with van der Waals surface area (Å²) in [4.78, 5) is 16.0. The maximum absolute atomic E-state index is 10.9. The van der Waals surface area contributed by atoms with Crippen LogP contribution in [-0.2, 0) is 9.84 Å². The quantitative estimate of drug-likeness (QED) is 0.650. The van der Waals surface area contributed by atoms with E-state index in [2.05, 4.69) is 9.97 Å². The number of H-pyrrole nitrogens is 1. The predicted molar refractivity (Wildman–Crippen MR) is 43.0 cm³/mol. The lowest BCUT2D eigenvalue weighted by molar-refractivity contribution is 0.600. The summed E-state index contributed by atoms with van der Waals surface area (Å²) in [7, 11) is -3.60. The third-order valence-corrected chi connectivity index (χ3v) is 2.66. The van der Waals surface area contributed by atoms with Crippen LogP contribution in [0.2, 0.25) is 5.15 Å². The van der Waals surface area contributed by atoms with Gasteiger partial charge in [0, 0.05) is 6.26 Å². The van der Waals surface area contributed by atoms with Gasteiger partial charge in [0.1, 0.15) is 0 Å². The number of hydrogen-bond donors (Lipinski definition) is 1. The van der Waals surface area contributed by atoms with Gasteiger partial charge in [0.2, 0.25) is 0 Å². The average Bonchev–Trinajstić information content (AvgIpc) is 1.82. The Bertz CT molecular complexity index is 450. The largest absolute Gasteiger partial charge is 0.312 e. The SMILES string of the molecule is CS(=O)(=O)c1c(Cl)nc[nH]c1=O. The molecule has 0 aliphatic carbocycles. The fraction of sp³-hybridized carbons (Fsp3) is 0.200. The van der Waals surface area contributed by atoms with E-state index in [1.165, 1.54) is 0 Å². The van der Waals surface area contributed by atoms with Gasteiger partial charge < -0.3 is 4.98 Å². The van der Waals surface area contributed by atoms with E-state index >= 15 is 0 Å². The van der Waals surface area contributed by atoms with Gasteiger partial charge >= 0.3 is 0 Å². The summed E-state index contributed by atoms with van der Waals surface area (Å²) in [5.41, 5.74) is -0.752. The molecule has 1 rings (SSSR count). The number of aromatic amines is 1. The molecule has 7 heteroatoms. The van der Waals surface area contributed by atoms with E-state index in [9.17, 15) is 13.2 Å². The second-order valence-corrected chi connectivity index (χ2v) is 4.43. The summed E-state index contributed by atoms with van der Waals surface area (Å²) in [6.45, 7) is 0. The van der Waals surface area contributed by atoms with Crippen molar-refractivity contribution in [2.75, 3.05) is 6.26 Å². The van der Waals surface area contributed by atoms with Gasteiger partial charge in [-0.25, -0.2) is 13.4 Å². The molecule has 12 heavy (non-hydrogen) atoms. The van der Waals surface area contributed by atoms with Gasteiger partial charge in [-0.2, -0.15) is 0 Å². The van der Waals surface area contributed by atoms with Crippen LogP contribution in [0.3, 0.4) is 0 Å². The molecule has 5 nitrogen and oxygen atoms in total. The van der Waals surface area contributed by atoms with Crippen molar-refractivity contribution in [2.24, 2.45) is 0 Å². The minimum atomic E-state index is -3.60. The Morgan fingerprint density at radius 1 is 1.58 bits per heavy atom. The maximum Gasteiger partial charge on any atom is 0.271 e. The lowest BCUT2D eigenvalue weighted by Gasteiger charge is -1.96. The molecule has 0 radical (unpaired) electrons. The first-order valence-electron chi connectivity index (χ1n) is 2.86. The van der Waals surface area contributed by atoms with E-state index in [1.54, 1.807) is 0 Å². The lowest BCUT2D eigenvalue weighted by Crippen LogP contribution is -2.17.